The minimum absolute atomic E-state index is 0.138. The molecule has 84 valence electrons. The Morgan fingerprint density at radius 3 is 2.64 bits per heavy atom. The number of alkyl halides is 1. The number of carbonyl (C=O) groups excluding carboxylic acids is 1. The second-order valence-electron chi connectivity index (χ2n) is 2.96. The van der Waals surface area contributed by atoms with Crippen molar-refractivity contribution in [3.05, 3.63) is 0 Å². The first-order chi connectivity index (χ1) is 6.81. The van der Waals surface area contributed by atoms with Gasteiger partial charge in [-0.2, -0.15) is 11.8 Å². The summed E-state index contributed by atoms with van der Waals surface area (Å²) in [7, 11) is 0. The highest BCUT2D eigenvalue weighted by atomic mass is 32.2. The number of esters is 1. The predicted molar refractivity (Wildman–Crippen MR) is 58.4 cm³/mol. The van der Waals surface area contributed by atoms with Gasteiger partial charge in [-0.25, -0.2) is 0 Å². The summed E-state index contributed by atoms with van der Waals surface area (Å²) in [6.45, 7) is 2.05. The second-order valence-corrected chi connectivity index (χ2v) is 4.07. The highest BCUT2D eigenvalue weighted by Gasteiger charge is 2.00. The van der Waals surface area contributed by atoms with Crippen LogP contribution in [0.3, 0.4) is 0 Å². The van der Waals surface area contributed by atoms with Crippen molar-refractivity contribution >= 4 is 17.7 Å². The Balaban J connectivity index is 3.01. The van der Waals surface area contributed by atoms with Crippen molar-refractivity contribution in [3.8, 4) is 0 Å². The van der Waals surface area contributed by atoms with Crippen LogP contribution in [0, 0.1) is 0 Å². The summed E-state index contributed by atoms with van der Waals surface area (Å²) >= 11 is 1.59. The largest absolute Gasteiger partial charge is 0.465 e. The number of unbranched alkanes of at least 4 members (excludes halogenated alkanes) is 3. The van der Waals surface area contributed by atoms with Crippen molar-refractivity contribution in [2.24, 2.45) is 0 Å². The molecular formula is C10H19FO2S. The second kappa shape index (κ2) is 10.8. The summed E-state index contributed by atoms with van der Waals surface area (Å²) in [5.74, 6) is 1.27. The average molecular weight is 222 g/mol. The zero-order valence-corrected chi connectivity index (χ0v) is 9.58. The molecule has 0 saturated carbocycles. The molecule has 0 fully saturated rings. The maximum Gasteiger partial charge on any atom is 0.315 e. The molecule has 0 rings (SSSR count). The lowest BCUT2D eigenvalue weighted by molar-refractivity contribution is -0.139. The highest BCUT2D eigenvalue weighted by molar-refractivity contribution is 7.99. The van der Waals surface area contributed by atoms with Crippen molar-refractivity contribution in [2.75, 3.05) is 24.8 Å². The van der Waals surface area contributed by atoms with Crippen LogP contribution in [0.2, 0.25) is 0 Å². The Hall–Kier alpha value is -0.250. The topological polar surface area (TPSA) is 26.3 Å². The molecule has 0 saturated heterocycles. The fourth-order valence-corrected chi connectivity index (χ4v) is 1.81. The molecule has 0 unspecified atom stereocenters. The third-order valence-corrected chi connectivity index (χ3v) is 2.71. The van der Waals surface area contributed by atoms with Gasteiger partial charge < -0.3 is 4.74 Å². The van der Waals surface area contributed by atoms with Crippen molar-refractivity contribution in [2.45, 2.75) is 32.6 Å². The third kappa shape index (κ3) is 9.84. The normalized spacial score (nSPS) is 10.1. The van der Waals surface area contributed by atoms with E-state index in [1.165, 1.54) is 0 Å². The maximum atomic E-state index is 11.7. The molecule has 0 N–H and O–H groups in total. The molecule has 0 aromatic heterocycles. The Morgan fingerprint density at radius 2 is 2.00 bits per heavy atom. The predicted octanol–water partition coefficient (Wildman–Crippen LogP) is 2.81. The lowest BCUT2D eigenvalue weighted by Gasteiger charge is -2.01. The zero-order valence-electron chi connectivity index (χ0n) is 8.76. The first kappa shape index (κ1) is 13.8. The lowest BCUT2D eigenvalue weighted by atomic mass is 10.2. The molecule has 14 heavy (non-hydrogen) atoms. The van der Waals surface area contributed by atoms with E-state index in [2.05, 4.69) is 0 Å². The van der Waals surface area contributed by atoms with E-state index in [4.69, 9.17) is 4.74 Å². The fourth-order valence-electron chi connectivity index (χ4n) is 1.01. The first-order valence-electron chi connectivity index (χ1n) is 5.10. The summed E-state index contributed by atoms with van der Waals surface area (Å²) in [6.07, 6.45) is 3.74. The number of hydrogen-bond donors (Lipinski definition) is 0. The Bertz CT molecular complexity index is 142. The number of thioether (sulfide) groups is 1. The van der Waals surface area contributed by atoms with Crippen molar-refractivity contribution in [3.63, 3.8) is 0 Å². The summed E-state index contributed by atoms with van der Waals surface area (Å²) in [6, 6.07) is 0. The molecule has 0 aliphatic rings. The molecule has 0 spiro atoms. The smallest absolute Gasteiger partial charge is 0.315 e. The van der Waals surface area contributed by atoms with Crippen LogP contribution < -0.4 is 0 Å². The molecule has 0 aliphatic carbocycles. The quantitative estimate of drug-likeness (QED) is 0.443. The van der Waals surface area contributed by atoms with Gasteiger partial charge in [0.2, 0.25) is 0 Å². The van der Waals surface area contributed by atoms with E-state index >= 15 is 0 Å². The number of rotatable bonds is 9. The summed E-state index contributed by atoms with van der Waals surface area (Å²) in [5, 5.41) is 0. The SMILES string of the molecule is CCOC(=O)CSCCCCCCF. The van der Waals surface area contributed by atoms with Gasteiger partial charge in [-0.3, -0.25) is 9.18 Å². The molecular weight excluding hydrogens is 203 g/mol. The lowest BCUT2D eigenvalue weighted by Crippen LogP contribution is -2.06. The van der Waals surface area contributed by atoms with Crippen LogP contribution in [0.4, 0.5) is 4.39 Å². The van der Waals surface area contributed by atoms with E-state index in [0.717, 1.165) is 25.0 Å². The van der Waals surface area contributed by atoms with E-state index in [9.17, 15) is 9.18 Å². The molecule has 0 aromatic rings. The number of halogens is 1. The maximum absolute atomic E-state index is 11.7. The Morgan fingerprint density at radius 1 is 1.29 bits per heavy atom. The van der Waals surface area contributed by atoms with E-state index in [1.807, 2.05) is 0 Å². The molecule has 0 amide bonds. The first-order valence-corrected chi connectivity index (χ1v) is 6.26. The van der Waals surface area contributed by atoms with Gasteiger partial charge in [-0.1, -0.05) is 12.8 Å². The van der Waals surface area contributed by atoms with E-state index in [-0.39, 0.29) is 12.6 Å². The number of ether oxygens (including phenoxy) is 1. The van der Waals surface area contributed by atoms with Crippen LogP contribution in [0.15, 0.2) is 0 Å². The van der Waals surface area contributed by atoms with Crippen LogP contribution >= 0.6 is 11.8 Å². The minimum atomic E-state index is -0.212. The van der Waals surface area contributed by atoms with E-state index < -0.39 is 0 Å². The van der Waals surface area contributed by atoms with Gasteiger partial charge in [0.15, 0.2) is 0 Å². The van der Waals surface area contributed by atoms with Crippen LogP contribution in [0.25, 0.3) is 0 Å². The fraction of sp³-hybridized carbons (Fsp3) is 0.900. The highest BCUT2D eigenvalue weighted by Crippen LogP contribution is 2.08. The molecule has 0 radical (unpaired) electrons. The van der Waals surface area contributed by atoms with Gasteiger partial charge in [0.25, 0.3) is 0 Å². The molecule has 2 nitrogen and oxygen atoms in total. The summed E-state index contributed by atoms with van der Waals surface area (Å²) in [5.41, 5.74) is 0. The van der Waals surface area contributed by atoms with E-state index in [1.54, 1.807) is 18.7 Å². The molecule has 0 aromatic carbocycles. The van der Waals surface area contributed by atoms with Gasteiger partial charge in [0.05, 0.1) is 19.0 Å². The number of hydrogen-bond acceptors (Lipinski definition) is 3. The molecule has 0 atom stereocenters. The zero-order chi connectivity index (χ0) is 10.6. The monoisotopic (exact) mass is 222 g/mol. The Kier molecular flexibility index (Phi) is 10.6. The van der Waals surface area contributed by atoms with Crippen molar-refractivity contribution in [1.29, 1.82) is 0 Å². The van der Waals surface area contributed by atoms with E-state index in [0.29, 0.717) is 18.8 Å². The third-order valence-electron chi connectivity index (χ3n) is 1.70. The van der Waals surface area contributed by atoms with Crippen molar-refractivity contribution < 1.29 is 13.9 Å². The van der Waals surface area contributed by atoms with Gasteiger partial charge in [0, 0.05) is 0 Å². The standard InChI is InChI=1S/C10H19FO2S/c1-2-13-10(12)9-14-8-6-4-3-5-7-11/h2-9H2,1H3. The molecule has 0 bridgehead atoms. The van der Waals surface area contributed by atoms with Crippen LogP contribution in [0.5, 0.6) is 0 Å². The Labute approximate surface area is 89.6 Å². The number of carbonyl (C=O) groups is 1. The van der Waals surface area contributed by atoms with Crippen LogP contribution in [0.1, 0.15) is 32.6 Å². The summed E-state index contributed by atoms with van der Waals surface area (Å²) in [4.78, 5) is 10.9. The van der Waals surface area contributed by atoms with Gasteiger partial charge in [0.1, 0.15) is 0 Å². The molecule has 0 heterocycles. The van der Waals surface area contributed by atoms with Gasteiger partial charge in [-0.05, 0) is 25.5 Å². The summed E-state index contributed by atoms with van der Waals surface area (Å²) < 4.78 is 16.5. The van der Waals surface area contributed by atoms with Gasteiger partial charge >= 0.3 is 5.97 Å². The van der Waals surface area contributed by atoms with Gasteiger partial charge in [-0.15, -0.1) is 0 Å². The van der Waals surface area contributed by atoms with Crippen LogP contribution in [-0.2, 0) is 9.53 Å². The minimum Gasteiger partial charge on any atom is -0.465 e. The molecule has 0 aliphatic heterocycles. The van der Waals surface area contributed by atoms with Crippen LogP contribution in [-0.4, -0.2) is 30.8 Å². The average Bonchev–Trinajstić information content (AvgIpc) is 2.17. The van der Waals surface area contributed by atoms with Crippen molar-refractivity contribution in [1.82, 2.24) is 0 Å². The molecule has 4 heteroatoms.